The molecule has 3 nitrogen and oxygen atoms in total. The van der Waals surface area contributed by atoms with E-state index in [0.717, 1.165) is 26.1 Å². The van der Waals surface area contributed by atoms with Gasteiger partial charge in [0, 0.05) is 31.3 Å². The third kappa shape index (κ3) is 3.56. The molecule has 106 valence electrons. The van der Waals surface area contributed by atoms with Crippen LogP contribution in [0.4, 0.5) is 0 Å². The summed E-state index contributed by atoms with van der Waals surface area (Å²) in [6, 6.07) is 9.73. The molecule has 2 atom stereocenters. The van der Waals surface area contributed by atoms with Crippen molar-refractivity contribution in [1.82, 2.24) is 4.90 Å². The van der Waals surface area contributed by atoms with Gasteiger partial charge in [-0.2, -0.15) is 0 Å². The summed E-state index contributed by atoms with van der Waals surface area (Å²) >= 11 is 0. The molecule has 0 aromatic heterocycles. The fourth-order valence-corrected chi connectivity index (χ4v) is 2.99. The zero-order valence-corrected chi connectivity index (χ0v) is 12.3. The van der Waals surface area contributed by atoms with E-state index in [9.17, 15) is 0 Å². The van der Waals surface area contributed by atoms with Crippen LogP contribution in [0.1, 0.15) is 36.9 Å². The van der Waals surface area contributed by atoms with Crippen LogP contribution in [-0.4, -0.2) is 37.2 Å². The molecule has 2 N–H and O–H groups in total. The number of hydrogen-bond acceptors (Lipinski definition) is 3. The molecule has 3 heteroatoms. The zero-order chi connectivity index (χ0) is 13.8. The first-order valence-corrected chi connectivity index (χ1v) is 7.21. The maximum atomic E-state index is 6.24. The average Bonchev–Trinajstić information content (AvgIpc) is 2.42. The third-order valence-electron chi connectivity index (χ3n) is 4.12. The third-order valence-corrected chi connectivity index (χ3v) is 4.12. The quantitative estimate of drug-likeness (QED) is 0.906. The van der Waals surface area contributed by atoms with Crippen molar-refractivity contribution >= 4 is 0 Å². The van der Waals surface area contributed by atoms with E-state index in [1.807, 2.05) is 0 Å². The van der Waals surface area contributed by atoms with Crippen molar-refractivity contribution in [3.8, 4) is 0 Å². The monoisotopic (exact) mass is 262 g/mol. The molecule has 1 aromatic carbocycles. The fourth-order valence-electron chi connectivity index (χ4n) is 2.99. The average molecular weight is 262 g/mol. The van der Waals surface area contributed by atoms with Crippen molar-refractivity contribution in [2.45, 2.75) is 44.8 Å². The van der Waals surface area contributed by atoms with E-state index < -0.39 is 0 Å². The summed E-state index contributed by atoms with van der Waals surface area (Å²) < 4.78 is 5.45. The molecule has 0 saturated carbocycles. The van der Waals surface area contributed by atoms with Crippen LogP contribution in [0.25, 0.3) is 0 Å². The number of ether oxygens (including phenoxy) is 1. The first-order chi connectivity index (χ1) is 9.09. The van der Waals surface area contributed by atoms with Gasteiger partial charge in [-0.25, -0.2) is 0 Å². The summed E-state index contributed by atoms with van der Waals surface area (Å²) in [4.78, 5) is 2.44. The predicted molar refractivity (Wildman–Crippen MR) is 79.2 cm³/mol. The molecule has 1 saturated heterocycles. The van der Waals surface area contributed by atoms with Crippen LogP contribution in [0.15, 0.2) is 24.3 Å². The lowest BCUT2D eigenvalue weighted by Crippen LogP contribution is -2.45. The second-order valence-corrected chi connectivity index (χ2v) is 5.72. The van der Waals surface area contributed by atoms with E-state index in [0.29, 0.717) is 6.04 Å². The number of benzene rings is 1. The smallest absolute Gasteiger partial charge is 0.0496 e. The van der Waals surface area contributed by atoms with Gasteiger partial charge in [0.2, 0.25) is 0 Å². The summed E-state index contributed by atoms with van der Waals surface area (Å²) in [5.41, 5.74) is 8.85. The van der Waals surface area contributed by atoms with Crippen molar-refractivity contribution in [3.05, 3.63) is 35.4 Å². The van der Waals surface area contributed by atoms with Crippen molar-refractivity contribution < 1.29 is 4.74 Å². The van der Waals surface area contributed by atoms with Gasteiger partial charge in [0.1, 0.15) is 0 Å². The molecular weight excluding hydrogens is 236 g/mol. The van der Waals surface area contributed by atoms with Gasteiger partial charge < -0.3 is 10.5 Å². The standard InChI is InChI=1S/C16H26N2O/c1-12-4-6-14(7-5-12)16(13(2)17)18(3)15-8-10-19-11-9-15/h4-7,13,15-16H,8-11,17H2,1-3H3. The Morgan fingerprint density at radius 2 is 1.79 bits per heavy atom. The van der Waals surface area contributed by atoms with Crippen molar-refractivity contribution in [2.75, 3.05) is 20.3 Å². The number of rotatable bonds is 4. The van der Waals surface area contributed by atoms with Crippen molar-refractivity contribution in [2.24, 2.45) is 5.73 Å². The molecule has 1 fully saturated rings. The van der Waals surface area contributed by atoms with Gasteiger partial charge in [0.25, 0.3) is 0 Å². The van der Waals surface area contributed by atoms with Crippen LogP contribution in [0.2, 0.25) is 0 Å². The summed E-state index contributed by atoms with van der Waals surface area (Å²) in [5, 5.41) is 0. The molecule has 1 aliphatic heterocycles. The molecule has 2 rings (SSSR count). The minimum absolute atomic E-state index is 0.121. The number of hydrogen-bond donors (Lipinski definition) is 1. The highest BCUT2D eigenvalue weighted by Crippen LogP contribution is 2.27. The summed E-state index contributed by atoms with van der Waals surface area (Å²) in [7, 11) is 2.20. The van der Waals surface area contributed by atoms with Crippen LogP contribution in [0, 0.1) is 6.92 Å². The van der Waals surface area contributed by atoms with E-state index in [1.54, 1.807) is 0 Å². The molecule has 0 bridgehead atoms. The molecule has 2 unspecified atom stereocenters. The Bertz CT molecular complexity index is 382. The summed E-state index contributed by atoms with van der Waals surface area (Å²) in [5.74, 6) is 0. The molecule has 0 aliphatic carbocycles. The van der Waals surface area contributed by atoms with Crippen LogP contribution in [0.3, 0.4) is 0 Å². The van der Waals surface area contributed by atoms with E-state index >= 15 is 0 Å². The van der Waals surface area contributed by atoms with Gasteiger partial charge in [-0.05, 0) is 39.3 Å². The lowest BCUT2D eigenvalue weighted by molar-refractivity contribution is 0.0246. The molecule has 0 radical (unpaired) electrons. The van der Waals surface area contributed by atoms with Gasteiger partial charge in [-0.3, -0.25) is 4.90 Å². The van der Waals surface area contributed by atoms with E-state index in [2.05, 4.69) is 50.1 Å². The highest BCUT2D eigenvalue weighted by atomic mass is 16.5. The predicted octanol–water partition coefficient (Wildman–Crippen LogP) is 2.49. The maximum absolute atomic E-state index is 6.24. The molecule has 1 aliphatic rings. The van der Waals surface area contributed by atoms with Crippen LogP contribution in [-0.2, 0) is 4.74 Å². The first-order valence-electron chi connectivity index (χ1n) is 7.21. The molecule has 1 heterocycles. The van der Waals surface area contributed by atoms with Crippen molar-refractivity contribution in [3.63, 3.8) is 0 Å². The van der Waals surface area contributed by atoms with Crippen LogP contribution in [0.5, 0.6) is 0 Å². The largest absolute Gasteiger partial charge is 0.381 e. The maximum Gasteiger partial charge on any atom is 0.0496 e. The Morgan fingerprint density at radius 3 is 2.32 bits per heavy atom. The van der Waals surface area contributed by atoms with E-state index in [1.165, 1.54) is 11.1 Å². The molecule has 0 spiro atoms. The summed E-state index contributed by atoms with van der Waals surface area (Å²) in [6.07, 6.45) is 2.21. The topological polar surface area (TPSA) is 38.5 Å². The van der Waals surface area contributed by atoms with Crippen LogP contribution < -0.4 is 5.73 Å². The van der Waals surface area contributed by atoms with Gasteiger partial charge in [-0.1, -0.05) is 29.8 Å². The van der Waals surface area contributed by atoms with Crippen molar-refractivity contribution in [1.29, 1.82) is 0 Å². The number of likely N-dealkylation sites (N-methyl/N-ethyl adjacent to an activating group) is 1. The first kappa shape index (κ1) is 14.5. The zero-order valence-electron chi connectivity index (χ0n) is 12.3. The Labute approximate surface area is 116 Å². The Hall–Kier alpha value is -0.900. The lowest BCUT2D eigenvalue weighted by atomic mass is 9.95. The SMILES string of the molecule is Cc1ccc(C(C(C)N)N(C)C2CCOCC2)cc1. The van der Waals surface area contributed by atoms with Gasteiger partial charge in [0.05, 0.1) is 0 Å². The second kappa shape index (κ2) is 6.51. The second-order valence-electron chi connectivity index (χ2n) is 5.72. The van der Waals surface area contributed by atoms with Gasteiger partial charge in [0.15, 0.2) is 0 Å². The molecular formula is C16H26N2O. The Kier molecular flexibility index (Phi) is 4.97. The summed E-state index contributed by atoms with van der Waals surface area (Å²) in [6.45, 7) is 5.95. The lowest BCUT2D eigenvalue weighted by Gasteiger charge is -2.39. The van der Waals surface area contributed by atoms with E-state index in [-0.39, 0.29) is 12.1 Å². The number of aryl methyl sites for hydroxylation is 1. The van der Waals surface area contributed by atoms with Crippen LogP contribution >= 0.6 is 0 Å². The minimum Gasteiger partial charge on any atom is -0.381 e. The number of nitrogens with two attached hydrogens (primary N) is 1. The van der Waals surface area contributed by atoms with Gasteiger partial charge >= 0.3 is 0 Å². The minimum atomic E-state index is 0.121. The molecule has 0 amide bonds. The van der Waals surface area contributed by atoms with Gasteiger partial charge in [-0.15, -0.1) is 0 Å². The normalized spacial score (nSPS) is 20.5. The highest BCUT2D eigenvalue weighted by Gasteiger charge is 2.28. The van der Waals surface area contributed by atoms with E-state index in [4.69, 9.17) is 10.5 Å². The Balaban J connectivity index is 2.16. The fraction of sp³-hybridized carbons (Fsp3) is 0.625. The molecule has 1 aromatic rings. The highest BCUT2D eigenvalue weighted by molar-refractivity contribution is 5.25. The number of nitrogens with zero attached hydrogens (tertiary/aromatic N) is 1. The Morgan fingerprint density at radius 1 is 1.21 bits per heavy atom. The molecule has 19 heavy (non-hydrogen) atoms.